The molecule has 0 spiro atoms. The molecule has 1 aliphatic heterocycles. The second-order valence-corrected chi connectivity index (χ2v) is 17.7. The van der Waals surface area contributed by atoms with Crippen molar-refractivity contribution in [2.45, 2.75) is 210 Å². The van der Waals surface area contributed by atoms with Crippen molar-refractivity contribution >= 4 is 17.7 Å². The lowest BCUT2D eigenvalue weighted by Crippen LogP contribution is -2.62. The fraction of sp³-hybridized carbons (Fsp3) is 0.938. The highest BCUT2D eigenvalue weighted by atomic mass is 16.7. The Balaban J connectivity index is 2.25. The molecule has 1 saturated heterocycles. The number of aliphatic hydroxyl groups excluding tert-OH is 8. The molecule has 0 aromatic carbocycles. The van der Waals surface area contributed by atoms with Crippen LogP contribution in [-0.2, 0) is 38.1 Å². The van der Waals surface area contributed by atoms with Gasteiger partial charge < -0.3 is 80.1 Å². The summed E-state index contributed by atoms with van der Waals surface area (Å²) in [6.07, 6.45) is 8.50. The summed E-state index contributed by atoms with van der Waals surface area (Å²) in [5.74, 6) is -1.21. The molecule has 19 heteroatoms. The van der Waals surface area contributed by atoms with Gasteiger partial charge in [0.1, 0.15) is 42.7 Å². The van der Waals surface area contributed by atoms with Gasteiger partial charge in [0.25, 0.3) is 5.91 Å². The number of amides is 3. The van der Waals surface area contributed by atoms with E-state index < -0.39 is 74.2 Å². The average Bonchev–Trinajstić information content (AvgIpc) is 3.33. The molecule has 0 aromatic rings. The molecule has 67 heavy (non-hydrogen) atoms. The first kappa shape index (κ1) is 62.9. The highest BCUT2D eigenvalue weighted by Crippen LogP contribution is 2.25. The Morgan fingerprint density at radius 3 is 1.49 bits per heavy atom. The molecular formula is C48H93N3O16. The highest BCUT2D eigenvalue weighted by Gasteiger charge is 2.47. The monoisotopic (exact) mass is 968 g/mol. The summed E-state index contributed by atoms with van der Waals surface area (Å²) in [7, 11) is 0. The molecule has 0 bridgehead atoms. The third-order valence-corrected chi connectivity index (χ3v) is 12.0. The van der Waals surface area contributed by atoms with E-state index in [1.807, 2.05) is 4.90 Å². The number of ether oxygens (including phenoxy) is 5. The number of hydrogen-bond donors (Lipinski definition) is 10. The zero-order valence-corrected chi connectivity index (χ0v) is 41.0. The summed E-state index contributed by atoms with van der Waals surface area (Å²) in [4.78, 5) is 40.2. The zero-order valence-electron chi connectivity index (χ0n) is 41.0. The van der Waals surface area contributed by atoms with Crippen LogP contribution in [0.3, 0.4) is 0 Å². The first-order valence-electron chi connectivity index (χ1n) is 25.6. The molecule has 396 valence electrons. The van der Waals surface area contributed by atoms with Gasteiger partial charge in [-0.25, -0.2) is 0 Å². The van der Waals surface area contributed by atoms with Crippen LogP contribution in [0.1, 0.15) is 155 Å². The summed E-state index contributed by atoms with van der Waals surface area (Å²) in [5, 5.41) is 85.4. The molecule has 1 rings (SSSR count). The van der Waals surface area contributed by atoms with Crippen LogP contribution in [0.4, 0.5) is 0 Å². The van der Waals surface area contributed by atoms with Gasteiger partial charge in [-0.05, 0) is 12.8 Å². The number of aliphatic hydroxyl groups is 8. The maximum Gasteiger partial charge on any atom is 0.251 e. The SMILES string of the molecule is CCCCCCCCCCCCN(CCCCCCCCCCCC)C(=O)CCC(=O)NCCOCCOCCOCCNC(=O)[C@@H](O)[C@@H](O)[C@H](O[C@@H]1O[C@H](CO)[C@H](O)[C@H](O)[C@H]1O)[C@H](O)CO. The molecule has 19 nitrogen and oxygen atoms in total. The maximum atomic E-state index is 13.2. The normalized spacial score (nSPS) is 20.3. The second kappa shape index (κ2) is 41.7. The largest absolute Gasteiger partial charge is 0.394 e. The van der Waals surface area contributed by atoms with Crippen LogP contribution >= 0.6 is 0 Å². The first-order chi connectivity index (χ1) is 32.4. The number of rotatable bonds is 45. The lowest BCUT2D eigenvalue weighted by atomic mass is 9.98. The van der Waals surface area contributed by atoms with E-state index >= 15 is 0 Å². The van der Waals surface area contributed by atoms with Gasteiger partial charge in [0.05, 0.1) is 52.9 Å². The molecule has 9 atom stereocenters. The second-order valence-electron chi connectivity index (χ2n) is 17.7. The van der Waals surface area contributed by atoms with Gasteiger partial charge in [-0.1, -0.05) is 129 Å². The number of nitrogens with one attached hydrogen (secondary N) is 2. The zero-order chi connectivity index (χ0) is 49.5. The Morgan fingerprint density at radius 1 is 0.582 bits per heavy atom. The topological polar surface area (TPSA) is 286 Å². The molecule has 0 unspecified atom stereocenters. The summed E-state index contributed by atoms with van der Waals surface area (Å²) >= 11 is 0. The van der Waals surface area contributed by atoms with E-state index in [0.29, 0.717) is 6.54 Å². The van der Waals surface area contributed by atoms with Crippen LogP contribution in [0.2, 0.25) is 0 Å². The van der Waals surface area contributed by atoms with Gasteiger partial charge in [0.2, 0.25) is 11.8 Å². The number of unbranched alkanes of at least 4 members (excludes halogenated alkanes) is 18. The van der Waals surface area contributed by atoms with Gasteiger partial charge in [0.15, 0.2) is 12.4 Å². The number of carbonyl (C=O) groups excluding carboxylic acids is 3. The fourth-order valence-electron chi connectivity index (χ4n) is 7.74. The summed E-state index contributed by atoms with van der Waals surface area (Å²) < 4.78 is 26.9. The molecule has 10 N–H and O–H groups in total. The molecule has 3 amide bonds. The van der Waals surface area contributed by atoms with E-state index in [0.717, 1.165) is 38.8 Å². The molecule has 1 heterocycles. The summed E-state index contributed by atoms with van der Waals surface area (Å²) in [6, 6.07) is 0. The van der Waals surface area contributed by atoms with Crippen LogP contribution in [0.5, 0.6) is 0 Å². The first-order valence-corrected chi connectivity index (χ1v) is 25.6. The molecule has 1 aliphatic rings. The Morgan fingerprint density at radius 2 is 1.03 bits per heavy atom. The van der Waals surface area contributed by atoms with E-state index in [1.54, 1.807) is 0 Å². The molecule has 0 aromatic heterocycles. The Kier molecular flexibility index (Phi) is 39.1. The molecule has 0 saturated carbocycles. The Hall–Kier alpha value is -2.11. The van der Waals surface area contributed by atoms with Gasteiger partial charge in [0, 0.05) is 39.0 Å². The van der Waals surface area contributed by atoms with Gasteiger partial charge in [-0.3, -0.25) is 14.4 Å². The van der Waals surface area contributed by atoms with Crippen molar-refractivity contribution in [1.82, 2.24) is 15.5 Å². The standard InChI is InChI=1S/C48H93N3O16/c1-3-5-7-9-11-13-15-17-19-21-27-51(28-22-20-18-16-14-12-10-8-6-4-2)40(56)24-23-39(55)49-25-29-63-31-33-65-34-32-64-30-26-50-47(62)44(60)43(59)46(37(54)35-52)67-48-45(61)42(58)41(57)38(36-53)66-48/h37-38,41-46,48,52-54,57-61H,3-36H2,1-2H3,(H,49,55)(H,50,62)/t37-,38-,41+,42+,43-,44+,45-,46-,48+/m1/s1. The van der Waals surface area contributed by atoms with Crippen molar-refractivity contribution in [1.29, 1.82) is 0 Å². The van der Waals surface area contributed by atoms with Crippen molar-refractivity contribution in [2.75, 3.05) is 79.0 Å². The molecule has 0 radical (unpaired) electrons. The number of nitrogens with zero attached hydrogens (tertiary/aromatic N) is 1. The molecule has 1 fully saturated rings. The van der Waals surface area contributed by atoms with Gasteiger partial charge in [-0.15, -0.1) is 0 Å². The van der Waals surface area contributed by atoms with Crippen LogP contribution in [0.15, 0.2) is 0 Å². The lowest BCUT2D eigenvalue weighted by molar-refractivity contribution is -0.326. The average molecular weight is 968 g/mol. The van der Waals surface area contributed by atoms with E-state index in [2.05, 4.69) is 24.5 Å². The minimum atomic E-state index is -2.18. The maximum absolute atomic E-state index is 13.2. The minimum Gasteiger partial charge on any atom is -0.394 e. The quantitative estimate of drug-likeness (QED) is 0.0391. The lowest BCUT2D eigenvalue weighted by Gasteiger charge is -2.42. The summed E-state index contributed by atoms with van der Waals surface area (Å²) in [5.41, 5.74) is 0. The van der Waals surface area contributed by atoms with Crippen molar-refractivity contribution in [3.05, 3.63) is 0 Å². The highest BCUT2D eigenvalue weighted by molar-refractivity contribution is 5.83. The van der Waals surface area contributed by atoms with E-state index in [1.165, 1.54) is 103 Å². The van der Waals surface area contributed by atoms with Crippen molar-refractivity contribution in [3.63, 3.8) is 0 Å². The fourth-order valence-corrected chi connectivity index (χ4v) is 7.74. The number of hydrogen-bond acceptors (Lipinski definition) is 16. The van der Waals surface area contributed by atoms with E-state index in [4.69, 9.17) is 23.7 Å². The molecular weight excluding hydrogens is 875 g/mol. The van der Waals surface area contributed by atoms with Crippen molar-refractivity contribution in [2.24, 2.45) is 0 Å². The van der Waals surface area contributed by atoms with E-state index in [9.17, 15) is 55.2 Å². The third-order valence-electron chi connectivity index (χ3n) is 12.0. The van der Waals surface area contributed by atoms with Crippen LogP contribution < -0.4 is 10.6 Å². The number of carbonyl (C=O) groups is 3. The van der Waals surface area contributed by atoms with Crippen LogP contribution in [-0.4, -0.2) is 198 Å². The minimum absolute atomic E-state index is 0.0144. The van der Waals surface area contributed by atoms with Crippen LogP contribution in [0.25, 0.3) is 0 Å². The third kappa shape index (κ3) is 29.6. The predicted octanol–water partition coefficient (Wildman–Crippen LogP) is 1.98. The van der Waals surface area contributed by atoms with Crippen molar-refractivity contribution in [3.8, 4) is 0 Å². The summed E-state index contributed by atoms with van der Waals surface area (Å²) in [6.45, 7) is 5.69. The van der Waals surface area contributed by atoms with Crippen LogP contribution in [0, 0.1) is 0 Å². The predicted molar refractivity (Wildman–Crippen MR) is 252 cm³/mol. The van der Waals surface area contributed by atoms with E-state index in [-0.39, 0.29) is 70.8 Å². The van der Waals surface area contributed by atoms with Gasteiger partial charge in [-0.2, -0.15) is 0 Å². The smallest absolute Gasteiger partial charge is 0.251 e. The van der Waals surface area contributed by atoms with Crippen molar-refractivity contribution < 1.29 is 78.9 Å². The Bertz CT molecular complexity index is 1180. The Labute approximate surface area is 400 Å². The van der Waals surface area contributed by atoms with Gasteiger partial charge >= 0.3 is 0 Å². The molecule has 0 aliphatic carbocycles.